The highest BCUT2D eigenvalue weighted by Crippen LogP contribution is 2.49. The number of benzene rings is 10. The van der Waals surface area contributed by atoms with Gasteiger partial charge in [0.05, 0.1) is 0 Å². The van der Waals surface area contributed by atoms with Gasteiger partial charge in [-0.05, 0) is 101 Å². The molecule has 12 rings (SSSR count). The van der Waals surface area contributed by atoms with Crippen LogP contribution in [0.3, 0.4) is 0 Å². The Hall–Kier alpha value is -6.74. The van der Waals surface area contributed by atoms with Gasteiger partial charge in [0.1, 0.15) is 11.2 Å². The summed E-state index contributed by atoms with van der Waals surface area (Å²) in [5, 5.41) is 14.9. The smallest absolute Gasteiger partial charge is 0.145 e. The molecule has 0 unspecified atom stereocenters. The van der Waals surface area contributed by atoms with E-state index in [1.807, 2.05) is 11.3 Å². The van der Waals surface area contributed by atoms with Gasteiger partial charge in [0.15, 0.2) is 0 Å². The lowest BCUT2D eigenvalue weighted by Gasteiger charge is -2.18. The molecule has 54 heavy (non-hydrogen) atoms. The van der Waals surface area contributed by atoms with Crippen molar-refractivity contribution in [1.29, 1.82) is 0 Å². The summed E-state index contributed by atoms with van der Waals surface area (Å²) in [6.07, 6.45) is 0. The summed E-state index contributed by atoms with van der Waals surface area (Å²) in [6.45, 7) is 0. The molecule has 0 atom stereocenters. The van der Waals surface area contributed by atoms with E-state index in [1.54, 1.807) is 0 Å². The average Bonchev–Trinajstić information content (AvgIpc) is 3.81. The molecule has 0 aliphatic rings. The fourth-order valence-electron chi connectivity index (χ4n) is 9.02. The zero-order chi connectivity index (χ0) is 35.3. The van der Waals surface area contributed by atoms with E-state index in [2.05, 4.69) is 182 Å². The molecule has 12 aromatic rings. The van der Waals surface area contributed by atoms with Crippen LogP contribution in [-0.2, 0) is 0 Å². The Morgan fingerprint density at radius 3 is 1.63 bits per heavy atom. The Labute approximate surface area is 314 Å². The second-order valence-corrected chi connectivity index (χ2v) is 15.4. The molecule has 0 aliphatic carbocycles. The number of thiophene rings is 1. The summed E-state index contributed by atoms with van der Waals surface area (Å²) in [5.41, 5.74) is 9.33. The van der Waals surface area contributed by atoms with E-state index < -0.39 is 0 Å². The van der Waals surface area contributed by atoms with E-state index >= 15 is 0 Å². The molecular formula is C52H30OS. The Morgan fingerprint density at radius 2 is 0.907 bits per heavy atom. The average molecular weight is 703 g/mol. The number of fused-ring (bicyclic) bond motifs is 12. The SMILES string of the molecule is c1ccc(-c2c3ccccc3c(-c3ccc4cc(-c5cc6sc7c8ccccc8ccc7c6c6oc7ccccc7c56)ccc4c3)c3ccccc23)cc1. The van der Waals surface area contributed by atoms with Crippen molar-refractivity contribution in [3.8, 4) is 33.4 Å². The lowest BCUT2D eigenvalue weighted by molar-refractivity contribution is 0.673. The molecule has 0 N–H and O–H groups in total. The Morgan fingerprint density at radius 1 is 0.352 bits per heavy atom. The molecule has 0 bridgehead atoms. The van der Waals surface area contributed by atoms with Crippen molar-refractivity contribution >= 4 is 96.5 Å². The molecule has 0 amide bonds. The minimum absolute atomic E-state index is 0.921. The summed E-state index contributed by atoms with van der Waals surface area (Å²) >= 11 is 1.87. The van der Waals surface area contributed by atoms with Crippen molar-refractivity contribution in [2.45, 2.75) is 0 Å². The molecule has 0 spiro atoms. The van der Waals surface area contributed by atoms with Gasteiger partial charge in [0.25, 0.3) is 0 Å². The normalized spacial score (nSPS) is 12.1. The Bertz CT molecular complexity index is 3440. The van der Waals surface area contributed by atoms with Crippen LogP contribution in [0, 0.1) is 0 Å². The number of furan rings is 1. The van der Waals surface area contributed by atoms with Crippen LogP contribution in [0.25, 0.3) is 119 Å². The minimum atomic E-state index is 0.921. The standard InChI is InChI=1S/C52H30OS/c1-2-13-32(14-3-1)47-38-16-6-8-18-40(38)48(41-19-9-7-17-39(41)47)36-25-23-33-28-35(24-22-34(33)29-36)44-30-46-50(51-49(44)42-20-10-11-21-45(42)53-51)43-27-26-31-12-4-5-15-37(31)52(43)54-46/h1-30H. The minimum Gasteiger partial charge on any atom is -0.455 e. The highest BCUT2D eigenvalue weighted by atomic mass is 32.1. The maximum absolute atomic E-state index is 6.77. The number of rotatable bonds is 3. The van der Waals surface area contributed by atoms with Crippen molar-refractivity contribution in [1.82, 2.24) is 0 Å². The fraction of sp³-hybridized carbons (Fsp3) is 0. The molecule has 0 aliphatic heterocycles. The van der Waals surface area contributed by atoms with Crippen LogP contribution in [0.5, 0.6) is 0 Å². The van der Waals surface area contributed by atoms with Crippen molar-refractivity contribution < 1.29 is 4.42 Å². The van der Waals surface area contributed by atoms with Crippen LogP contribution >= 0.6 is 11.3 Å². The summed E-state index contributed by atoms with van der Waals surface area (Å²) in [4.78, 5) is 0. The first-order chi connectivity index (χ1) is 26.8. The maximum atomic E-state index is 6.77. The van der Waals surface area contributed by atoms with Crippen molar-refractivity contribution in [2.24, 2.45) is 0 Å². The third kappa shape index (κ3) is 4.26. The molecule has 0 saturated heterocycles. The van der Waals surface area contributed by atoms with Crippen molar-refractivity contribution in [3.05, 3.63) is 182 Å². The lowest BCUT2D eigenvalue weighted by Crippen LogP contribution is -1.91. The molecular weight excluding hydrogens is 673 g/mol. The first-order valence-electron chi connectivity index (χ1n) is 18.5. The van der Waals surface area contributed by atoms with Crippen LogP contribution in [0.2, 0.25) is 0 Å². The number of hydrogen-bond donors (Lipinski definition) is 0. The summed E-state index contributed by atoms with van der Waals surface area (Å²) in [5.74, 6) is 0. The number of hydrogen-bond acceptors (Lipinski definition) is 2. The van der Waals surface area contributed by atoms with Crippen LogP contribution in [0.15, 0.2) is 186 Å². The Balaban J connectivity index is 1.08. The van der Waals surface area contributed by atoms with Gasteiger partial charge < -0.3 is 4.42 Å². The summed E-state index contributed by atoms with van der Waals surface area (Å²) < 4.78 is 9.33. The third-order valence-electron chi connectivity index (χ3n) is 11.4. The zero-order valence-corrected chi connectivity index (χ0v) is 30.0. The largest absolute Gasteiger partial charge is 0.455 e. The monoisotopic (exact) mass is 702 g/mol. The fourth-order valence-corrected chi connectivity index (χ4v) is 10.3. The second-order valence-electron chi connectivity index (χ2n) is 14.3. The van der Waals surface area contributed by atoms with Gasteiger partial charge in [-0.1, -0.05) is 158 Å². The topological polar surface area (TPSA) is 13.1 Å². The highest BCUT2D eigenvalue weighted by molar-refractivity contribution is 7.27. The molecule has 0 fully saturated rings. The lowest BCUT2D eigenvalue weighted by atomic mass is 9.85. The Kier molecular flexibility index (Phi) is 6.28. The summed E-state index contributed by atoms with van der Waals surface area (Å²) in [6, 6.07) is 66.6. The van der Waals surface area contributed by atoms with Crippen LogP contribution in [0.4, 0.5) is 0 Å². The van der Waals surface area contributed by atoms with Crippen molar-refractivity contribution in [2.75, 3.05) is 0 Å². The van der Waals surface area contributed by atoms with E-state index in [1.165, 1.54) is 102 Å². The second kappa shape index (κ2) is 11.4. The van der Waals surface area contributed by atoms with Gasteiger partial charge in [-0.15, -0.1) is 11.3 Å². The van der Waals surface area contributed by atoms with Gasteiger partial charge in [-0.25, -0.2) is 0 Å². The zero-order valence-electron chi connectivity index (χ0n) is 29.1. The molecule has 10 aromatic carbocycles. The van der Waals surface area contributed by atoms with Crippen LogP contribution < -0.4 is 0 Å². The molecule has 1 nitrogen and oxygen atoms in total. The molecule has 250 valence electrons. The van der Waals surface area contributed by atoms with Crippen LogP contribution in [-0.4, -0.2) is 0 Å². The van der Waals surface area contributed by atoms with E-state index in [0.717, 1.165) is 16.6 Å². The molecule has 0 saturated carbocycles. The van der Waals surface area contributed by atoms with Gasteiger partial charge in [0.2, 0.25) is 0 Å². The van der Waals surface area contributed by atoms with E-state index in [9.17, 15) is 0 Å². The van der Waals surface area contributed by atoms with Gasteiger partial charge in [-0.3, -0.25) is 0 Å². The first kappa shape index (κ1) is 29.8. The van der Waals surface area contributed by atoms with E-state index in [4.69, 9.17) is 4.42 Å². The molecule has 0 radical (unpaired) electrons. The quantitative estimate of drug-likeness (QED) is 0.167. The summed E-state index contributed by atoms with van der Waals surface area (Å²) in [7, 11) is 0. The molecule has 2 heterocycles. The molecule has 2 aromatic heterocycles. The number of para-hydroxylation sites is 1. The van der Waals surface area contributed by atoms with Crippen LogP contribution in [0.1, 0.15) is 0 Å². The predicted octanol–water partition coefficient (Wildman–Crippen LogP) is 15.6. The van der Waals surface area contributed by atoms with Gasteiger partial charge in [0, 0.05) is 30.9 Å². The van der Waals surface area contributed by atoms with E-state index in [0.29, 0.717) is 0 Å². The highest BCUT2D eigenvalue weighted by Gasteiger charge is 2.21. The predicted molar refractivity (Wildman–Crippen MR) is 233 cm³/mol. The van der Waals surface area contributed by atoms with Gasteiger partial charge >= 0.3 is 0 Å². The maximum Gasteiger partial charge on any atom is 0.145 e. The van der Waals surface area contributed by atoms with Gasteiger partial charge in [-0.2, -0.15) is 0 Å². The first-order valence-corrected chi connectivity index (χ1v) is 19.3. The molecule has 2 heteroatoms. The van der Waals surface area contributed by atoms with Crippen molar-refractivity contribution in [3.63, 3.8) is 0 Å². The van der Waals surface area contributed by atoms with E-state index in [-0.39, 0.29) is 0 Å². The third-order valence-corrected chi connectivity index (χ3v) is 12.6.